The number of hydrogen-bond donors (Lipinski definition) is 3. The van der Waals surface area contributed by atoms with Crippen LogP contribution in [0, 0.1) is 0 Å². The molecule has 4 N–H and O–H groups in total. The topological polar surface area (TPSA) is 109 Å². The zero-order valence-electron chi connectivity index (χ0n) is 8.68. The van der Waals surface area contributed by atoms with Crippen molar-refractivity contribution in [2.45, 2.75) is 0 Å². The average molecular weight is 323 g/mol. The third-order valence-corrected chi connectivity index (χ3v) is 3.34. The second-order valence-electron chi connectivity index (χ2n) is 3.29. The number of carboxylic acid groups (broad SMARTS) is 1. The van der Waals surface area contributed by atoms with E-state index in [1.165, 1.54) is 6.07 Å². The van der Waals surface area contributed by atoms with Gasteiger partial charge in [0.2, 0.25) is 10.0 Å². The molecule has 94 valence electrons. The van der Waals surface area contributed by atoms with Crippen LogP contribution in [0.1, 0.15) is 10.4 Å². The van der Waals surface area contributed by atoms with Gasteiger partial charge in [0, 0.05) is 16.7 Å². The Balaban J connectivity index is 2.68. The molecule has 0 aliphatic carbocycles. The van der Waals surface area contributed by atoms with Crippen molar-refractivity contribution in [1.82, 2.24) is 0 Å². The average Bonchev–Trinajstić information content (AvgIpc) is 2.15. The van der Waals surface area contributed by atoms with E-state index in [1.54, 1.807) is 12.1 Å². The maximum atomic E-state index is 10.7. The zero-order chi connectivity index (χ0) is 13.1. The van der Waals surface area contributed by atoms with E-state index in [1.807, 2.05) is 0 Å². The summed E-state index contributed by atoms with van der Waals surface area (Å²) in [6.07, 6.45) is 0. The van der Waals surface area contributed by atoms with Crippen LogP contribution in [-0.2, 0) is 10.0 Å². The molecule has 1 rings (SSSR count). The maximum Gasteiger partial charge on any atom is 0.336 e. The van der Waals surface area contributed by atoms with Gasteiger partial charge in [0.25, 0.3) is 0 Å². The highest BCUT2D eigenvalue weighted by Crippen LogP contribution is 2.21. The first-order valence-corrected chi connectivity index (χ1v) is 7.07. The molecule has 0 heterocycles. The fraction of sp³-hybridized carbons (Fsp3) is 0.222. The number of primary sulfonamides is 1. The van der Waals surface area contributed by atoms with Gasteiger partial charge in [0.05, 0.1) is 11.3 Å². The van der Waals surface area contributed by atoms with E-state index in [9.17, 15) is 13.2 Å². The molecule has 0 saturated carbocycles. The van der Waals surface area contributed by atoms with Gasteiger partial charge >= 0.3 is 5.97 Å². The summed E-state index contributed by atoms with van der Waals surface area (Å²) in [5.41, 5.74) is 0.757. The van der Waals surface area contributed by atoms with Crippen LogP contribution in [0.25, 0.3) is 0 Å². The van der Waals surface area contributed by atoms with Gasteiger partial charge in [-0.05, 0) is 34.1 Å². The van der Waals surface area contributed by atoms with Gasteiger partial charge in [-0.3, -0.25) is 0 Å². The number of carboxylic acids is 1. The number of benzene rings is 1. The van der Waals surface area contributed by atoms with Crippen molar-refractivity contribution < 1.29 is 18.3 Å². The molecular weight excluding hydrogens is 312 g/mol. The van der Waals surface area contributed by atoms with Crippen molar-refractivity contribution in [2.24, 2.45) is 5.14 Å². The predicted molar refractivity (Wildman–Crippen MR) is 67.6 cm³/mol. The number of nitrogens with one attached hydrogen (secondary N) is 1. The molecule has 0 amide bonds. The molecule has 8 heteroatoms. The highest BCUT2D eigenvalue weighted by molar-refractivity contribution is 9.10. The van der Waals surface area contributed by atoms with E-state index in [0.29, 0.717) is 10.2 Å². The number of carbonyl (C=O) groups is 1. The fourth-order valence-corrected chi connectivity index (χ4v) is 2.07. The molecule has 0 fully saturated rings. The van der Waals surface area contributed by atoms with Crippen molar-refractivity contribution in [3.8, 4) is 0 Å². The Hall–Kier alpha value is -1.12. The molecule has 0 atom stereocenters. The minimum absolute atomic E-state index is 0.141. The highest BCUT2D eigenvalue weighted by atomic mass is 79.9. The first-order valence-electron chi connectivity index (χ1n) is 4.57. The van der Waals surface area contributed by atoms with Gasteiger partial charge in [0.15, 0.2) is 0 Å². The Morgan fingerprint density at radius 1 is 1.47 bits per heavy atom. The SMILES string of the molecule is NS(=O)(=O)CCNc1ccc(C(=O)O)c(Br)c1. The number of halogens is 1. The third kappa shape index (κ3) is 4.72. The second-order valence-corrected chi connectivity index (χ2v) is 5.88. The van der Waals surface area contributed by atoms with Gasteiger partial charge in [0.1, 0.15) is 0 Å². The number of sulfonamides is 1. The van der Waals surface area contributed by atoms with Crippen LogP contribution in [0.5, 0.6) is 0 Å². The number of aromatic carboxylic acids is 1. The molecule has 17 heavy (non-hydrogen) atoms. The molecule has 0 saturated heterocycles. The summed E-state index contributed by atoms with van der Waals surface area (Å²) in [7, 11) is -3.49. The lowest BCUT2D eigenvalue weighted by Crippen LogP contribution is -2.22. The molecule has 1 aromatic carbocycles. The van der Waals surface area contributed by atoms with E-state index < -0.39 is 16.0 Å². The van der Waals surface area contributed by atoms with Crippen LogP contribution >= 0.6 is 15.9 Å². The van der Waals surface area contributed by atoms with E-state index in [2.05, 4.69) is 21.2 Å². The monoisotopic (exact) mass is 322 g/mol. The number of hydrogen-bond acceptors (Lipinski definition) is 4. The Bertz CT molecular complexity index is 530. The van der Waals surface area contributed by atoms with Crippen molar-refractivity contribution in [2.75, 3.05) is 17.6 Å². The first kappa shape index (κ1) is 13.9. The summed E-state index contributed by atoms with van der Waals surface area (Å²) in [5, 5.41) is 16.5. The van der Waals surface area contributed by atoms with Gasteiger partial charge in [-0.1, -0.05) is 0 Å². The molecule has 0 aliphatic rings. The van der Waals surface area contributed by atoms with Crippen molar-refractivity contribution in [3.63, 3.8) is 0 Å². The van der Waals surface area contributed by atoms with Crippen molar-refractivity contribution in [1.29, 1.82) is 0 Å². The van der Waals surface area contributed by atoms with E-state index in [4.69, 9.17) is 10.2 Å². The van der Waals surface area contributed by atoms with Crippen molar-refractivity contribution >= 4 is 37.6 Å². The summed E-state index contributed by atoms with van der Waals surface area (Å²) in [4.78, 5) is 10.7. The number of rotatable bonds is 5. The van der Waals surface area contributed by atoms with E-state index >= 15 is 0 Å². The van der Waals surface area contributed by atoms with Gasteiger partial charge in [-0.2, -0.15) is 0 Å². The predicted octanol–water partition coefficient (Wildman–Crippen LogP) is 0.848. The minimum atomic E-state index is -3.49. The summed E-state index contributed by atoms with van der Waals surface area (Å²) < 4.78 is 21.8. The van der Waals surface area contributed by atoms with Crippen LogP contribution in [0.2, 0.25) is 0 Å². The van der Waals surface area contributed by atoms with Gasteiger partial charge < -0.3 is 10.4 Å². The minimum Gasteiger partial charge on any atom is -0.478 e. The third-order valence-electron chi connectivity index (χ3n) is 1.92. The normalized spacial score (nSPS) is 11.2. The Labute approximate surface area is 107 Å². The van der Waals surface area contributed by atoms with Crippen LogP contribution in [-0.4, -0.2) is 31.8 Å². The molecule has 0 spiro atoms. The smallest absolute Gasteiger partial charge is 0.336 e. The summed E-state index contributed by atoms with van der Waals surface area (Å²) in [6.45, 7) is 0.164. The van der Waals surface area contributed by atoms with Gasteiger partial charge in [-0.15, -0.1) is 0 Å². The zero-order valence-corrected chi connectivity index (χ0v) is 11.1. The van der Waals surface area contributed by atoms with Crippen LogP contribution in [0.4, 0.5) is 5.69 Å². The molecule has 0 unspecified atom stereocenters. The Kier molecular flexibility index (Phi) is 4.49. The van der Waals surface area contributed by atoms with Crippen LogP contribution in [0.15, 0.2) is 22.7 Å². The highest BCUT2D eigenvalue weighted by Gasteiger charge is 2.08. The lowest BCUT2D eigenvalue weighted by atomic mass is 10.2. The lowest BCUT2D eigenvalue weighted by molar-refractivity contribution is 0.0696. The van der Waals surface area contributed by atoms with Crippen LogP contribution < -0.4 is 10.5 Å². The summed E-state index contributed by atoms with van der Waals surface area (Å²) in [6, 6.07) is 4.54. The molecule has 1 aromatic rings. The molecular formula is C9H11BrN2O4S. The quantitative estimate of drug-likeness (QED) is 0.744. The molecule has 6 nitrogen and oxygen atoms in total. The summed E-state index contributed by atoms with van der Waals surface area (Å²) >= 11 is 3.12. The van der Waals surface area contributed by atoms with Crippen LogP contribution in [0.3, 0.4) is 0 Å². The molecule has 0 aromatic heterocycles. The Morgan fingerprint density at radius 2 is 2.12 bits per heavy atom. The number of anilines is 1. The lowest BCUT2D eigenvalue weighted by Gasteiger charge is -2.07. The largest absolute Gasteiger partial charge is 0.478 e. The van der Waals surface area contributed by atoms with E-state index in [0.717, 1.165) is 0 Å². The van der Waals surface area contributed by atoms with Crippen molar-refractivity contribution in [3.05, 3.63) is 28.2 Å². The summed E-state index contributed by atoms with van der Waals surface area (Å²) in [5.74, 6) is -1.22. The standard InChI is InChI=1S/C9H11BrN2O4S/c10-8-5-6(1-2-7(8)9(13)14)12-3-4-17(11,15)16/h1-2,5,12H,3-4H2,(H,13,14)(H2,11,15,16). The Morgan fingerprint density at radius 3 is 2.59 bits per heavy atom. The molecule has 0 radical (unpaired) electrons. The maximum absolute atomic E-state index is 10.7. The first-order chi connectivity index (χ1) is 7.79. The number of nitrogens with two attached hydrogens (primary N) is 1. The fourth-order valence-electron chi connectivity index (χ4n) is 1.14. The molecule has 0 bridgehead atoms. The van der Waals surface area contributed by atoms with E-state index in [-0.39, 0.29) is 17.9 Å². The van der Waals surface area contributed by atoms with Gasteiger partial charge in [-0.25, -0.2) is 18.4 Å². The molecule has 0 aliphatic heterocycles. The second kappa shape index (κ2) is 5.48.